The van der Waals surface area contributed by atoms with Crippen molar-refractivity contribution in [1.29, 1.82) is 0 Å². The fourth-order valence-electron chi connectivity index (χ4n) is 3.75. The van der Waals surface area contributed by atoms with E-state index in [9.17, 15) is 9.59 Å². The minimum atomic E-state index is -0.296. The molecule has 4 atom stereocenters. The number of thiophene rings is 1. The monoisotopic (exact) mass is 321 g/mol. The van der Waals surface area contributed by atoms with Crippen molar-refractivity contribution < 1.29 is 9.59 Å². The minimum Gasteiger partial charge on any atom is -0.353 e. The summed E-state index contributed by atoms with van der Waals surface area (Å²) in [6, 6.07) is 4.00. The molecule has 2 amide bonds. The molecule has 0 unspecified atom stereocenters. The van der Waals surface area contributed by atoms with Gasteiger partial charge in [0.15, 0.2) is 0 Å². The van der Waals surface area contributed by atoms with Gasteiger partial charge in [0, 0.05) is 24.4 Å². The van der Waals surface area contributed by atoms with Crippen LogP contribution >= 0.6 is 11.3 Å². The maximum Gasteiger partial charge on any atom is 0.226 e. The van der Waals surface area contributed by atoms with E-state index in [0.29, 0.717) is 18.9 Å². The van der Waals surface area contributed by atoms with Gasteiger partial charge in [-0.25, -0.2) is 0 Å². The number of carbonyl (C=O) groups is 2. The molecule has 2 aliphatic rings. The summed E-state index contributed by atoms with van der Waals surface area (Å²) in [7, 11) is 1.79. The SMILES string of the molecule is CN1C(=O)C[C@H](C(=O)N[C@@H]2CCC[C@@H]2CN)[C@H]1c1cccs1. The Kier molecular flexibility index (Phi) is 4.49. The standard InChI is InChI=1S/C16H23N3O2S/c1-19-14(20)8-11(15(19)13-6-3-7-22-13)16(21)18-12-5-2-4-10(12)9-17/h3,6-7,10-12,15H,2,4-5,8-9,17H2,1H3,(H,18,21)/t10-,11+,12-,15+/m1/s1. The van der Waals surface area contributed by atoms with Crippen LogP contribution in [0.25, 0.3) is 0 Å². The highest BCUT2D eigenvalue weighted by molar-refractivity contribution is 7.10. The number of hydrogen-bond donors (Lipinski definition) is 2. The lowest BCUT2D eigenvalue weighted by Gasteiger charge is -2.26. The van der Waals surface area contributed by atoms with E-state index in [-0.39, 0.29) is 29.8 Å². The molecule has 0 radical (unpaired) electrons. The molecule has 1 aromatic rings. The molecule has 1 saturated heterocycles. The van der Waals surface area contributed by atoms with Crippen LogP contribution in [-0.2, 0) is 9.59 Å². The minimum absolute atomic E-state index is 0.00134. The summed E-state index contributed by atoms with van der Waals surface area (Å²) in [6.45, 7) is 0.614. The normalized spacial score (nSPS) is 31.7. The number of rotatable bonds is 4. The lowest BCUT2D eigenvalue weighted by atomic mass is 9.96. The van der Waals surface area contributed by atoms with Crippen LogP contribution in [0.1, 0.15) is 36.6 Å². The highest BCUT2D eigenvalue weighted by Crippen LogP contribution is 2.39. The Labute approximate surface area is 134 Å². The molecule has 5 nitrogen and oxygen atoms in total. The van der Waals surface area contributed by atoms with E-state index in [0.717, 1.165) is 24.1 Å². The van der Waals surface area contributed by atoms with Crippen molar-refractivity contribution in [3.8, 4) is 0 Å². The van der Waals surface area contributed by atoms with Gasteiger partial charge in [0.2, 0.25) is 11.8 Å². The average Bonchev–Trinajstić information content (AvgIpc) is 3.21. The van der Waals surface area contributed by atoms with Gasteiger partial charge in [0.1, 0.15) is 0 Å². The molecule has 120 valence electrons. The maximum absolute atomic E-state index is 12.7. The fraction of sp³-hybridized carbons (Fsp3) is 0.625. The quantitative estimate of drug-likeness (QED) is 0.882. The van der Waals surface area contributed by atoms with Crippen LogP contribution in [-0.4, -0.2) is 36.3 Å². The first-order chi connectivity index (χ1) is 10.6. The van der Waals surface area contributed by atoms with Crippen LogP contribution < -0.4 is 11.1 Å². The van der Waals surface area contributed by atoms with Gasteiger partial charge in [0.25, 0.3) is 0 Å². The van der Waals surface area contributed by atoms with Gasteiger partial charge < -0.3 is 16.0 Å². The molecule has 3 N–H and O–H groups in total. The Bertz CT molecular complexity index is 546. The van der Waals surface area contributed by atoms with Crippen LogP contribution in [0.4, 0.5) is 0 Å². The van der Waals surface area contributed by atoms with Crippen LogP contribution in [0.15, 0.2) is 17.5 Å². The number of likely N-dealkylation sites (tertiary alicyclic amines) is 1. The number of nitrogens with zero attached hydrogens (tertiary/aromatic N) is 1. The maximum atomic E-state index is 12.7. The van der Waals surface area contributed by atoms with Gasteiger partial charge >= 0.3 is 0 Å². The Morgan fingerprint density at radius 1 is 1.50 bits per heavy atom. The summed E-state index contributed by atoms with van der Waals surface area (Å²) < 4.78 is 0. The third-order valence-electron chi connectivity index (χ3n) is 5.05. The van der Waals surface area contributed by atoms with Crippen LogP contribution in [0, 0.1) is 11.8 Å². The first-order valence-electron chi connectivity index (χ1n) is 7.91. The van der Waals surface area contributed by atoms with Crippen molar-refractivity contribution in [2.75, 3.05) is 13.6 Å². The first-order valence-corrected chi connectivity index (χ1v) is 8.79. The van der Waals surface area contributed by atoms with E-state index < -0.39 is 0 Å². The number of nitrogens with two attached hydrogens (primary N) is 1. The van der Waals surface area contributed by atoms with Gasteiger partial charge in [-0.15, -0.1) is 11.3 Å². The summed E-state index contributed by atoms with van der Waals surface area (Å²) in [5, 5.41) is 5.15. The van der Waals surface area contributed by atoms with Crippen LogP contribution in [0.2, 0.25) is 0 Å². The third-order valence-corrected chi connectivity index (χ3v) is 5.99. The second-order valence-electron chi connectivity index (χ2n) is 6.32. The number of hydrogen-bond acceptors (Lipinski definition) is 4. The van der Waals surface area contributed by atoms with E-state index in [1.807, 2.05) is 17.5 Å². The molecule has 1 aromatic heterocycles. The molecule has 3 rings (SSSR count). The predicted molar refractivity (Wildman–Crippen MR) is 86.3 cm³/mol. The fourth-order valence-corrected chi connectivity index (χ4v) is 4.69. The van der Waals surface area contributed by atoms with Gasteiger partial charge in [-0.3, -0.25) is 9.59 Å². The third kappa shape index (κ3) is 2.77. The zero-order valence-corrected chi connectivity index (χ0v) is 13.6. The lowest BCUT2D eigenvalue weighted by Crippen LogP contribution is -2.43. The summed E-state index contributed by atoms with van der Waals surface area (Å²) in [5.74, 6) is 0.121. The number of carbonyl (C=O) groups excluding carboxylic acids is 2. The van der Waals surface area contributed by atoms with Crippen molar-refractivity contribution in [2.24, 2.45) is 17.6 Å². The first kappa shape index (κ1) is 15.5. The van der Waals surface area contributed by atoms with Crippen molar-refractivity contribution in [1.82, 2.24) is 10.2 Å². The highest BCUT2D eigenvalue weighted by Gasteiger charge is 2.44. The molecule has 1 aliphatic carbocycles. The highest BCUT2D eigenvalue weighted by atomic mass is 32.1. The van der Waals surface area contributed by atoms with E-state index in [1.165, 1.54) is 0 Å². The van der Waals surface area contributed by atoms with E-state index in [2.05, 4.69) is 5.32 Å². The average molecular weight is 321 g/mol. The van der Waals surface area contributed by atoms with Gasteiger partial charge in [-0.1, -0.05) is 12.5 Å². The van der Waals surface area contributed by atoms with Crippen molar-refractivity contribution in [3.05, 3.63) is 22.4 Å². The van der Waals surface area contributed by atoms with Crippen molar-refractivity contribution in [2.45, 2.75) is 37.8 Å². The Morgan fingerprint density at radius 2 is 2.32 bits per heavy atom. The summed E-state index contributed by atoms with van der Waals surface area (Å²) >= 11 is 1.60. The molecule has 0 aromatic carbocycles. The molecule has 2 heterocycles. The molecule has 2 fully saturated rings. The Hall–Kier alpha value is -1.40. The summed E-state index contributed by atoms with van der Waals surface area (Å²) in [5.41, 5.74) is 5.79. The molecule has 0 bridgehead atoms. The van der Waals surface area contributed by atoms with Crippen LogP contribution in [0.5, 0.6) is 0 Å². The number of nitrogens with one attached hydrogen (secondary N) is 1. The zero-order valence-electron chi connectivity index (χ0n) is 12.8. The lowest BCUT2D eigenvalue weighted by molar-refractivity contribution is -0.128. The predicted octanol–water partition coefficient (Wildman–Crippen LogP) is 1.51. The van der Waals surface area contributed by atoms with E-state index >= 15 is 0 Å². The largest absolute Gasteiger partial charge is 0.353 e. The van der Waals surface area contributed by atoms with Crippen molar-refractivity contribution in [3.63, 3.8) is 0 Å². The van der Waals surface area contributed by atoms with Gasteiger partial charge in [-0.05, 0) is 36.8 Å². The summed E-state index contributed by atoms with van der Waals surface area (Å²) in [6.07, 6.45) is 3.49. The van der Waals surface area contributed by atoms with Crippen molar-refractivity contribution >= 4 is 23.2 Å². The smallest absolute Gasteiger partial charge is 0.226 e. The topological polar surface area (TPSA) is 75.4 Å². The van der Waals surface area contributed by atoms with Gasteiger partial charge in [0.05, 0.1) is 12.0 Å². The molecular weight excluding hydrogens is 298 g/mol. The molecule has 0 spiro atoms. The number of amides is 2. The summed E-state index contributed by atoms with van der Waals surface area (Å²) in [4.78, 5) is 27.6. The second kappa shape index (κ2) is 6.38. The Morgan fingerprint density at radius 3 is 3.00 bits per heavy atom. The molecule has 1 aliphatic heterocycles. The molecule has 1 saturated carbocycles. The molecular formula is C16H23N3O2S. The second-order valence-corrected chi connectivity index (χ2v) is 7.30. The molecule has 6 heteroatoms. The van der Waals surface area contributed by atoms with Crippen LogP contribution in [0.3, 0.4) is 0 Å². The van der Waals surface area contributed by atoms with E-state index in [4.69, 9.17) is 5.73 Å². The van der Waals surface area contributed by atoms with Gasteiger partial charge in [-0.2, -0.15) is 0 Å². The zero-order chi connectivity index (χ0) is 15.7. The molecule has 22 heavy (non-hydrogen) atoms. The van der Waals surface area contributed by atoms with E-state index in [1.54, 1.807) is 23.3 Å². The Balaban J connectivity index is 1.74.